The van der Waals surface area contributed by atoms with E-state index in [1.165, 1.54) is 18.2 Å². The normalized spacial score (nSPS) is 17.6. The number of nitrogens with one attached hydrogen (secondary N) is 2. The Bertz CT molecular complexity index is 1220. The first kappa shape index (κ1) is 33.5. The van der Waals surface area contributed by atoms with Gasteiger partial charge in [-0.1, -0.05) is 48.3 Å². The first-order valence-electron chi connectivity index (χ1n) is 12.2. The fraction of sp³-hybridized carbons (Fsp3) is 0.480. The van der Waals surface area contributed by atoms with E-state index in [0.717, 1.165) is 0 Å². The highest BCUT2D eigenvalue weighted by Crippen LogP contribution is 2.28. The molecule has 1 aliphatic heterocycles. The van der Waals surface area contributed by atoms with Crippen molar-refractivity contribution in [1.82, 2.24) is 10.6 Å². The maximum atomic E-state index is 13.2. The number of carbonyl (C=O) groups excluding carboxylic acids is 4. The smallest absolute Gasteiger partial charge is 0.341 e. The van der Waals surface area contributed by atoms with Crippen molar-refractivity contribution in [2.45, 2.75) is 57.2 Å². The Kier molecular flexibility index (Phi) is 12.0. The maximum Gasteiger partial charge on any atom is 0.341 e. The summed E-state index contributed by atoms with van der Waals surface area (Å²) in [6, 6.07) is 1.75. The van der Waals surface area contributed by atoms with Crippen LogP contribution in [0.2, 0.25) is 10.0 Å². The second-order valence-electron chi connectivity index (χ2n) is 9.45. The quantitative estimate of drug-likeness (QED) is 0.176. The lowest BCUT2D eigenvalue weighted by Gasteiger charge is -2.27. The van der Waals surface area contributed by atoms with Gasteiger partial charge in [-0.2, -0.15) is 0 Å². The van der Waals surface area contributed by atoms with Crippen molar-refractivity contribution in [3.05, 3.63) is 33.8 Å². The van der Waals surface area contributed by atoms with Crippen molar-refractivity contribution in [2.75, 3.05) is 13.2 Å². The Morgan fingerprint density at radius 3 is 2.22 bits per heavy atom. The van der Waals surface area contributed by atoms with Crippen molar-refractivity contribution < 1.29 is 53.7 Å². The number of oxime groups is 1. The average molecular weight is 618 g/mol. The van der Waals surface area contributed by atoms with E-state index in [1.54, 1.807) is 13.8 Å². The van der Waals surface area contributed by atoms with Crippen LogP contribution < -0.4 is 10.6 Å². The summed E-state index contributed by atoms with van der Waals surface area (Å²) in [5, 5.41) is 36.7. The molecule has 0 saturated heterocycles. The Morgan fingerprint density at radius 1 is 1.05 bits per heavy atom. The van der Waals surface area contributed by atoms with Gasteiger partial charge in [0.25, 0.3) is 5.91 Å². The molecule has 2 amide bonds. The molecule has 3 atom stereocenters. The third-order valence-corrected chi connectivity index (χ3v) is 6.60. The topological polar surface area (TPSA) is 218 Å². The SMILES string of the molecule is CC(C)C(NC(=O)CCC(=O)O)C1=NOC(CO)(C(=O)NC(CC(=O)O)C(=O)COC(=O)c2c(Cl)cccc2Cl)C1. The Labute approximate surface area is 243 Å². The minimum Gasteiger partial charge on any atom is -0.481 e. The van der Waals surface area contributed by atoms with Crippen LogP contribution in [0.4, 0.5) is 0 Å². The van der Waals surface area contributed by atoms with Gasteiger partial charge in [0.2, 0.25) is 11.5 Å². The van der Waals surface area contributed by atoms with E-state index in [1.807, 2.05) is 0 Å². The molecule has 3 unspecified atom stereocenters. The van der Waals surface area contributed by atoms with Crippen LogP contribution >= 0.6 is 23.2 Å². The van der Waals surface area contributed by atoms with Gasteiger partial charge in [0, 0.05) is 12.8 Å². The predicted octanol–water partition coefficient (Wildman–Crippen LogP) is 1.19. The van der Waals surface area contributed by atoms with Crippen LogP contribution in [0.3, 0.4) is 0 Å². The zero-order valence-corrected chi connectivity index (χ0v) is 23.5. The van der Waals surface area contributed by atoms with Gasteiger partial charge < -0.3 is 35.5 Å². The number of carbonyl (C=O) groups is 6. The number of hydrogen-bond acceptors (Lipinski definition) is 10. The van der Waals surface area contributed by atoms with Gasteiger partial charge in [0.05, 0.1) is 46.8 Å². The number of amides is 2. The highest BCUT2D eigenvalue weighted by molar-refractivity contribution is 6.39. The van der Waals surface area contributed by atoms with Crippen LogP contribution in [-0.2, 0) is 33.5 Å². The first-order chi connectivity index (χ1) is 19.2. The molecular formula is C25H29Cl2N3O11. The highest BCUT2D eigenvalue weighted by atomic mass is 35.5. The van der Waals surface area contributed by atoms with Gasteiger partial charge in [-0.25, -0.2) is 4.79 Å². The lowest BCUT2D eigenvalue weighted by molar-refractivity contribution is -0.152. The van der Waals surface area contributed by atoms with Crippen LogP contribution in [0.25, 0.3) is 0 Å². The predicted molar refractivity (Wildman–Crippen MR) is 143 cm³/mol. The zero-order valence-electron chi connectivity index (χ0n) is 22.0. The van der Waals surface area contributed by atoms with E-state index < -0.39 is 79.2 Å². The summed E-state index contributed by atoms with van der Waals surface area (Å²) >= 11 is 11.9. The number of hydrogen-bond donors (Lipinski definition) is 5. The number of rotatable bonds is 15. The van der Waals surface area contributed by atoms with Crippen molar-refractivity contribution in [3.8, 4) is 0 Å². The Morgan fingerprint density at radius 2 is 1.68 bits per heavy atom. The number of ketones is 1. The summed E-state index contributed by atoms with van der Waals surface area (Å²) in [5.41, 5.74) is -2.12. The van der Waals surface area contributed by atoms with E-state index in [4.69, 9.17) is 37.9 Å². The molecule has 0 bridgehead atoms. The number of aliphatic hydroxyl groups excluding tert-OH is 1. The average Bonchev–Trinajstić information content (AvgIpc) is 3.33. The van der Waals surface area contributed by atoms with E-state index in [-0.39, 0.29) is 40.1 Å². The van der Waals surface area contributed by atoms with E-state index in [9.17, 15) is 39.0 Å². The van der Waals surface area contributed by atoms with Gasteiger partial charge in [0.1, 0.15) is 6.04 Å². The number of aliphatic carboxylic acids is 2. The first-order valence-corrected chi connectivity index (χ1v) is 13.0. The molecule has 1 aliphatic rings. The minimum absolute atomic E-state index is 0.0396. The van der Waals surface area contributed by atoms with Crippen LogP contribution in [-0.4, -0.2) is 87.4 Å². The fourth-order valence-corrected chi connectivity index (χ4v) is 4.31. The number of carboxylic acid groups (broad SMARTS) is 2. The standard InChI is InChI=1S/C25H29Cl2N3O11/c1-12(2)22(29-18(33)6-7-19(34)35)16-9-25(11-31,41-30-16)24(39)28-15(8-20(36)37)17(32)10-40-23(38)21-13(26)4-3-5-14(21)27/h3-5,12,15,22,31H,6-11H2,1-2H3,(H,28,39)(H,29,33)(H,34,35)(H,36,37). The van der Waals surface area contributed by atoms with Crippen LogP contribution in [0.15, 0.2) is 23.4 Å². The van der Waals surface area contributed by atoms with Crippen LogP contribution in [0.1, 0.15) is 49.9 Å². The number of esters is 1. The summed E-state index contributed by atoms with van der Waals surface area (Å²) in [4.78, 5) is 78.0. The summed E-state index contributed by atoms with van der Waals surface area (Å²) in [6.07, 6.45) is -1.93. The summed E-state index contributed by atoms with van der Waals surface area (Å²) in [5.74, 6) is -6.62. The molecule has 0 fully saturated rings. The van der Waals surface area contributed by atoms with Gasteiger partial charge in [0.15, 0.2) is 12.4 Å². The molecule has 224 valence electrons. The monoisotopic (exact) mass is 617 g/mol. The summed E-state index contributed by atoms with van der Waals surface area (Å²) in [6.45, 7) is 1.58. The molecule has 14 nitrogen and oxygen atoms in total. The molecule has 0 saturated carbocycles. The number of aliphatic hydroxyl groups is 1. The molecule has 1 aromatic rings. The number of benzene rings is 1. The lowest BCUT2D eigenvalue weighted by Crippen LogP contribution is -2.56. The number of ether oxygens (including phenoxy) is 1. The van der Waals surface area contributed by atoms with E-state index in [0.29, 0.717) is 0 Å². The van der Waals surface area contributed by atoms with Crippen molar-refractivity contribution in [1.29, 1.82) is 0 Å². The summed E-state index contributed by atoms with van der Waals surface area (Å²) in [7, 11) is 0. The largest absolute Gasteiger partial charge is 0.481 e. The van der Waals surface area contributed by atoms with Crippen molar-refractivity contribution >= 4 is 64.4 Å². The van der Waals surface area contributed by atoms with Crippen molar-refractivity contribution in [3.63, 3.8) is 0 Å². The fourth-order valence-electron chi connectivity index (χ4n) is 3.76. The number of Topliss-reactive ketones (excluding diaryl/α,β-unsaturated/α-hetero) is 1. The number of nitrogens with zero attached hydrogens (tertiary/aromatic N) is 1. The Balaban J connectivity index is 2.12. The molecule has 2 rings (SSSR count). The third-order valence-electron chi connectivity index (χ3n) is 5.97. The van der Waals surface area contributed by atoms with Gasteiger partial charge in [-0.15, -0.1) is 0 Å². The number of halogens is 2. The maximum absolute atomic E-state index is 13.2. The molecule has 0 aromatic heterocycles. The van der Waals surface area contributed by atoms with E-state index >= 15 is 0 Å². The van der Waals surface area contributed by atoms with Gasteiger partial charge in [-0.3, -0.25) is 24.0 Å². The molecule has 16 heteroatoms. The molecule has 0 spiro atoms. The molecule has 41 heavy (non-hydrogen) atoms. The van der Waals surface area contributed by atoms with Gasteiger partial charge >= 0.3 is 17.9 Å². The van der Waals surface area contributed by atoms with Gasteiger partial charge in [-0.05, 0) is 18.1 Å². The minimum atomic E-state index is -2.06. The number of carboxylic acids is 2. The molecular weight excluding hydrogens is 589 g/mol. The van der Waals surface area contributed by atoms with E-state index in [2.05, 4.69) is 15.8 Å². The third kappa shape index (κ3) is 9.13. The molecule has 1 aromatic carbocycles. The summed E-state index contributed by atoms with van der Waals surface area (Å²) < 4.78 is 4.94. The highest BCUT2D eigenvalue weighted by Gasteiger charge is 2.49. The zero-order chi connectivity index (χ0) is 30.9. The molecule has 5 N–H and O–H groups in total. The second kappa shape index (κ2) is 14.8. The molecule has 1 heterocycles. The lowest BCUT2D eigenvalue weighted by atomic mass is 9.89. The molecule has 0 aliphatic carbocycles. The second-order valence-corrected chi connectivity index (χ2v) is 10.3. The van der Waals surface area contributed by atoms with Crippen molar-refractivity contribution in [2.24, 2.45) is 11.1 Å². The Hall–Kier alpha value is -3.75. The van der Waals surface area contributed by atoms with Crippen LogP contribution in [0, 0.1) is 5.92 Å². The molecule has 0 radical (unpaired) electrons. The van der Waals surface area contributed by atoms with Crippen LogP contribution in [0.5, 0.6) is 0 Å².